The number of rotatable bonds is 1. The lowest BCUT2D eigenvalue weighted by molar-refractivity contribution is 0.317. The molecule has 0 fully saturated rings. The highest BCUT2D eigenvalue weighted by atomic mass is 16.4. The van der Waals surface area contributed by atoms with Crippen LogP contribution in [-0.4, -0.2) is 10.9 Å². The Labute approximate surface area is 84.3 Å². The summed E-state index contributed by atoms with van der Waals surface area (Å²) in [6, 6.07) is 9.63. The van der Waals surface area contributed by atoms with E-state index in [-0.39, 0.29) is 5.92 Å². The summed E-state index contributed by atoms with van der Waals surface area (Å²) in [7, 11) is 0. The molecule has 0 radical (unpaired) electrons. The number of benzene rings is 1. The van der Waals surface area contributed by atoms with E-state index in [9.17, 15) is 0 Å². The van der Waals surface area contributed by atoms with E-state index in [2.05, 4.69) is 17.0 Å². The predicted molar refractivity (Wildman–Crippen MR) is 57.4 cm³/mol. The molecule has 0 bridgehead atoms. The fourth-order valence-electron chi connectivity index (χ4n) is 0.942. The van der Waals surface area contributed by atoms with Crippen LogP contribution in [0.2, 0.25) is 0 Å². The molecule has 1 aromatic carbocycles. The fourth-order valence-corrected chi connectivity index (χ4v) is 0.942. The van der Waals surface area contributed by atoms with Gasteiger partial charge < -0.3 is 5.21 Å². The van der Waals surface area contributed by atoms with Crippen molar-refractivity contribution in [2.24, 2.45) is 11.1 Å². The van der Waals surface area contributed by atoms with Crippen molar-refractivity contribution in [3.05, 3.63) is 35.9 Å². The van der Waals surface area contributed by atoms with Crippen LogP contribution in [-0.2, 0) is 0 Å². The highest BCUT2D eigenvalue weighted by Gasteiger charge is 2.00. The second-order valence-electron chi connectivity index (χ2n) is 3.26. The third-order valence-electron chi connectivity index (χ3n) is 1.76. The monoisotopic (exact) mass is 187 g/mol. The van der Waals surface area contributed by atoms with Gasteiger partial charge in [0.25, 0.3) is 0 Å². The van der Waals surface area contributed by atoms with E-state index < -0.39 is 0 Å². The van der Waals surface area contributed by atoms with Crippen molar-refractivity contribution in [1.29, 1.82) is 0 Å². The molecule has 0 heterocycles. The lowest BCUT2D eigenvalue weighted by Crippen LogP contribution is -2.03. The molecule has 0 spiro atoms. The first-order chi connectivity index (χ1) is 6.74. The van der Waals surface area contributed by atoms with Gasteiger partial charge in [0.2, 0.25) is 0 Å². The standard InChI is InChI=1S/C12H13NO/c1-10(2)12(13-14)9-8-11-6-4-3-5-7-11/h3-7,10,14H,1-2H3/b13-12-. The summed E-state index contributed by atoms with van der Waals surface area (Å²) in [5.74, 6) is 5.92. The Hall–Kier alpha value is -1.75. The van der Waals surface area contributed by atoms with Gasteiger partial charge in [0.15, 0.2) is 0 Å². The van der Waals surface area contributed by atoms with Gasteiger partial charge in [-0.15, -0.1) is 0 Å². The van der Waals surface area contributed by atoms with Crippen molar-refractivity contribution in [2.45, 2.75) is 13.8 Å². The summed E-state index contributed by atoms with van der Waals surface area (Å²) in [4.78, 5) is 0. The van der Waals surface area contributed by atoms with Crippen LogP contribution in [0.15, 0.2) is 35.5 Å². The Morgan fingerprint density at radius 2 is 1.93 bits per heavy atom. The lowest BCUT2D eigenvalue weighted by Gasteiger charge is -1.97. The summed E-state index contributed by atoms with van der Waals surface area (Å²) in [6.45, 7) is 3.88. The van der Waals surface area contributed by atoms with Crippen molar-refractivity contribution in [3.63, 3.8) is 0 Å². The number of hydrogen-bond acceptors (Lipinski definition) is 2. The minimum atomic E-state index is 0.149. The average Bonchev–Trinajstić information content (AvgIpc) is 2.20. The van der Waals surface area contributed by atoms with Gasteiger partial charge in [0.05, 0.1) is 0 Å². The van der Waals surface area contributed by atoms with Crippen molar-refractivity contribution in [1.82, 2.24) is 0 Å². The Morgan fingerprint density at radius 3 is 2.43 bits per heavy atom. The Balaban J connectivity index is 2.83. The van der Waals surface area contributed by atoms with E-state index in [0.29, 0.717) is 5.71 Å². The maximum atomic E-state index is 8.66. The maximum Gasteiger partial charge on any atom is 0.132 e. The minimum absolute atomic E-state index is 0.149. The van der Waals surface area contributed by atoms with Gasteiger partial charge in [-0.05, 0) is 18.1 Å². The normalized spacial score (nSPS) is 10.9. The highest BCUT2D eigenvalue weighted by Crippen LogP contribution is 1.98. The second-order valence-corrected chi connectivity index (χ2v) is 3.26. The topological polar surface area (TPSA) is 32.6 Å². The van der Waals surface area contributed by atoms with Crippen molar-refractivity contribution in [2.75, 3.05) is 0 Å². The highest BCUT2D eigenvalue weighted by molar-refractivity contribution is 6.01. The van der Waals surface area contributed by atoms with Crippen LogP contribution in [0, 0.1) is 17.8 Å². The van der Waals surface area contributed by atoms with Crippen molar-refractivity contribution in [3.8, 4) is 11.8 Å². The van der Waals surface area contributed by atoms with Gasteiger partial charge in [-0.3, -0.25) is 0 Å². The molecular weight excluding hydrogens is 174 g/mol. The summed E-state index contributed by atoms with van der Waals surface area (Å²) in [6.07, 6.45) is 0. The fraction of sp³-hybridized carbons (Fsp3) is 0.250. The number of hydrogen-bond donors (Lipinski definition) is 1. The molecule has 0 amide bonds. The van der Waals surface area contributed by atoms with E-state index in [4.69, 9.17) is 5.21 Å². The van der Waals surface area contributed by atoms with Crippen LogP contribution in [0.1, 0.15) is 19.4 Å². The zero-order valence-corrected chi connectivity index (χ0v) is 8.36. The molecule has 14 heavy (non-hydrogen) atoms. The van der Waals surface area contributed by atoms with Gasteiger partial charge in [0, 0.05) is 11.5 Å². The summed E-state index contributed by atoms with van der Waals surface area (Å²) in [5, 5.41) is 11.8. The van der Waals surface area contributed by atoms with Gasteiger partial charge in [-0.1, -0.05) is 43.1 Å². The molecule has 1 rings (SSSR count). The molecule has 0 aliphatic heterocycles. The van der Waals surface area contributed by atoms with E-state index in [1.165, 1.54) is 0 Å². The predicted octanol–water partition coefficient (Wildman–Crippen LogP) is 2.52. The summed E-state index contributed by atoms with van der Waals surface area (Å²) in [5.41, 5.74) is 1.43. The molecule has 0 aliphatic carbocycles. The molecule has 2 heteroatoms. The zero-order chi connectivity index (χ0) is 10.4. The lowest BCUT2D eigenvalue weighted by atomic mass is 10.1. The van der Waals surface area contributed by atoms with Gasteiger partial charge in [-0.2, -0.15) is 0 Å². The van der Waals surface area contributed by atoms with Crippen LogP contribution in [0.3, 0.4) is 0 Å². The van der Waals surface area contributed by atoms with Gasteiger partial charge >= 0.3 is 0 Å². The molecule has 0 aliphatic rings. The Morgan fingerprint density at radius 1 is 1.29 bits per heavy atom. The van der Waals surface area contributed by atoms with Crippen LogP contribution >= 0.6 is 0 Å². The quantitative estimate of drug-likeness (QED) is 0.311. The SMILES string of the molecule is CC(C)/C(C#Cc1ccccc1)=N\O. The molecule has 72 valence electrons. The average molecular weight is 187 g/mol. The van der Waals surface area contributed by atoms with E-state index in [1.807, 2.05) is 44.2 Å². The third-order valence-corrected chi connectivity index (χ3v) is 1.76. The van der Waals surface area contributed by atoms with E-state index in [1.54, 1.807) is 0 Å². The second kappa shape index (κ2) is 5.08. The maximum absolute atomic E-state index is 8.66. The molecular formula is C12H13NO. The van der Waals surface area contributed by atoms with Gasteiger partial charge in [0.1, 0.15) is 5.71 Å². The van der Waals surface area contributed by atoms with Crippen LogP contribution < -0.4 is 0 Å². The summed E-state index contributed by atoms with van der Waals surface area (Å²) < 4.78 is 0. The first-order valence-electron chi connectivity index (χ1n) is 4.53. The molecule has 0 saturated heterocycles. The summed E-state index contributed by atoms with van der Waals surface area (Å²) >= 11 is 0. The zero-order valence-electron chi connectivity index (χ0n) is 8.36. The van der Waals surface area contributed by atoms with Crippen LogP contribution in [0.25, 0.3) is 0 Å². The number of nitrogens with zero attached hydrogens (tertiary/aromatic N) is 1. The Kier molecular flexibility index (Phi) is 3.75. The first-order valence-corrected chi connectivity index (χ1v) is 4.53. The van der Waals surface area contributed by atoms with Crippen LogP contribution in [0.4, 0.5) is 0 Å². The molecule has 1 N–H and O–H groups in total. The molecule has 0 aromatic heterocycles. The van der Waals surface area contributed by atoms with Gasteiger partial charge in [-0.25, -0.2) is 0 Å². The largest absolute Gasteiger partial charge is 0.410 e. The van der Waals surface area contributed by atoms with Crippen molar-refractivity contribution >= 4 is 5.71 Å². The molecule has 0 unspecified atom stereocenters. The molecule has 2 nitrogen and oxygen atoms in total. The van der Waals surface area contributed by atoms with Crippen LogP contribution in [0.5, 0.6) is 0 Å². The smallest absolute Gasteiger partial charge is 0.132 e. The van der Waals surface area contributed by atoms with Crippen molar-refractivity contribution < 1.29 is 5.21 Å². The van der Waals surface area contributed by atoms with E-state index in [0.717, 1.165) is 5.56 Å². The molecule has 1 aromatic rings. The third kappa shape index (κ3) is 2.95. The minimum Gasteiger partial charge on any atom is -0.410 e. The number of oxime groups is 1. The van der Waals surface area contributed by atoms with E-state index >= 15 is 0 Å². The Bertz CT molecular complexity index is 368. The first kappa shape index (κ1) is 10.3. The molecule has 0 saturated carbocycles. The molecule has 0 atom stereocenters.